The minimum absolute atomic E-state index is 0. The first kappa shape index (κ1) is 35.3. The number of rotatable bonds is 0. The zero-order valence-corrected chi connectivity index (χ0v) is 12.1. The van der Waals surface area contributed by atoms with Crippen molar-refractivity contribution < 1.29 is 97.8 Å². The van der Waals surface area contributed by atoms with Gasteiger partial charge in [0.2, 0.25) is 0 Å². The van der Waals surface area contributed by atoms with Crippen LogP contribution in [0.5, 0.6) is 0 Å². The van der Waals surface area contributed by atoms with Crippen LogP contribution in [-0.4, -0.2) is 37.7 Å². The Kier molecular flexibility index (Phi) is 171. The minimum atomic E-state index is 0. The molecule has 0 N–H and O–H groups in total. The molecular weight excluding hydrogens is 274 g/mol. The number of hydrogen-bond acceptors (Lipinski definition) is 0. The molecule has 0 unspecified atom stereocenters. The third-order valence-electron chi connectivity index (χ3n) is 0. The van der Waals surface area contributed by atoms with Crippen molar-refractivity contribution in [3.8, 4) is 0 Å². The van der Waals surface area contributed by atoms with Crippen molar-refractivity contribution >= 4 is 37.7 Å². The Morgan fingerprint density at radius 2 is 0.800 bits per heavy atom. The van der Waals surface area contributed by atoms with Crippen molar-refractivity contribution in [3.05, 3.63) is 0 Å². The summed E-state index contributed by atoms with van der Waals surface area (Å²) in [6.07, 6.45) is 0. The normalized spacial score (nSPS) is 0. The van der Waals surface area contributed by atoms with Crippen molar-refractivity contribution in [1.29, 1.82) is 0 Å². The van der Waals surface area contributed by atoms with Gasteiger partial charge in [-0.15, -0.1) is 0 Å². The zero-order chi connectivity index (χ0) is 0. The minimum Gasteiger partial charge on any atom is -1.00 e. The van der Waals surface area contributed by atoms with Crippen molar-refractivity contribution in [2.24, 2.45) is 0 Å². The Morgan fingerprint density at radius 1 is 0.800 bits per heavy atom. The fourth-order valence-corrected chi connectivity index (χ4v) is 0. The molecule has 0 aliphatic heterocycles. The van der Waals surface area contributed by atoms with Crippen LogP contribution in [0.3, 0.4) is 0 Å². The molecule has 0 amide bonds. The Morgan fingerprint density at radius 3 is 0.800 bits per heavy atom. The maximum Gasteiger partial charge on any atom is 2.00 e. The van der Waals surface area contributed by atoms with Crippen molar-refractivity contribution in [2.75, 3.05) is 0 Å². The number of halogens is 3. The van der Waals surface area contributed by atoms with E-state index in [9.17, 15) is 0 Å². The smallest absolute Gasteiger partial charge is 1.00 e. The second-order valence-electron chi connectivity index (χ2n) is 0. The van der Waals surface area contributed by atoms with Crippen LogP contribution in [0.25, 0.3) is 0 Å². The standard InChI is InChI=1S/2BrH.Ca.ClH.K/h2*1H;;1H;/q;;+2;;+1/p-3. The summed E-state index contributed by atoms with van der Waals surface area (Å²) in [4.78, 5) is 0. The first-order valence-electron chi connectivity index (χ1n) is 0. The van der Waals surface area contributed by atoms with Gasteiger partial charge >= 0.3 is 89.1 Å². The van der Waals surface area contributed by atoms with E-state index in [1.54, 1.807) is 0 Å². The van der Waals surface area contributed by atoms with Gasteiger partial charge in [0.15, 0.2) is 0 Å². The van der Waals surface area contributed by atoms with Crippen LogP contribution >= 0.6 is 0 Å². The van der Waals surface area contributed by atoms with E-state index >= 15 is 0 Å². The zero-order valence-electron chi connectivity index (χ0n) is 2.84. The van der Waals surface area contributed by atoms with E-state index in [1.165, 1.54) is 0 Å². The van der Waals surface area contributed by atoms with Crippen LogP contribution in [0.1, 0.15) is 0 Å². The molecule has 0 aromatic rings. The average Bonchev–Trinajstić information content (AvgIpc) is 0. The summed E-state index contributed by atoms with van der Waals surface area (Å²) in [5, 5.41) is 0. The van der Waals surface area contributed by atoms with Gasteiger partial charge in [-0.25, -0.2) is 0 Å². The molecule has 0 saturated heterocycles. The Balaban J connectivity index is 0. The molecule has 0 aromatic heterocycles. The molecule has 0 heterocycles. The molecule has 0 radical (unpaired) electrons. The van der Waals surface area contributed by atoms with Crippen molar-refractivity contribution in [3.63, 3.8) is 0 Å². The molecule has 0 nitrogen and oxygen atoms in total. The van der Waals surface area contributed by atoms with Gasteiger partial charge in [0.1, 0.15) is 0 Å². The monoisotopic (exact) mass is 272 g/mol. The predicted octanol–water partition coefficient (Wildman–Crippen LogP) is -12.4. The molecule has 0 saturated carbocycles. The molecule has 0 fully saturated rings. The van der Waals surface area contributed by atoms with Gasteiger partial charge < -0.3 is 46.4 Å². The molecule has 0 atom stereocenters. The summed E-state index contributed by atoms with van der Waals surface area (Å²) in [6, 6.07) is 0. The van der Waals surface area contributed by atoms with Crippen LogP contribution in [-0.2, 0) is 0 Å². The summed E-state index contributed by atoms with van der Waals surface area (Å²) < 4.78 is 0. The molecule has 0 bridgehead atoms. The van der Waals surface area contributed by atoms with E-state index in [1.807, 2.05) is 0 Å². The van der Waals surface area contributed by atoms with E-state index in [-0.39, 0.29) is 135 Å². The summed E-state index contributed by atoms with van der Waals surface area (Å²) in [7, 11) is 0. The van der Waals surface area contributed by atoms with E-state index in [0.717, 1.165) is 0 Å². The van der Waals surface area contributed by atoms with Crippen molar-refractivity contribution in [1.82, 2.24) is 0 Å². The first-order chi connectivity index (χ1) is 0. The van der Waals surface area contributed by atoms with E-state index in [2.05, 4.69) is 0 Å². The van der Waals surface area contributed by atoms with Crippen molar-refractivity contribution in [2.45, 2.75) is 0 Å². The van der Waals surface area contributed by atoms with Gasteiger partial charge in [-0.1, -0.05) is 0 Å². The molecule has 24 valence electrons. The molecule has 0 rings (SSSR count). The first-order valence-corrected chi connectivity index (χ1v) is 0. The largest absolute Gasteiger partial charge is 2.00 e. The van der Waals surface area contributed by atoms with Gasteiger partial charge in [-0.2, -0.15) is 0 Å². The third-order valence-corrected chi connectivity index (χ3v) is 0. The topological polar surface area (TPSA) is 0 Å². The second-order valence-corrected chi connectivity index (χ2v) is 0. The van der Waals surface area contributed by atoms with Gasteiger partial charge in [0.25, 0.3) is 0 Å². The van der Waals surface area contributed by atoms with Gasteiger partial charge in [-0.3, -0.25) is 0 Å². The second kappa shape index (κ2) is 24.2. The third kappa shape index (κ3) is 17.9. The van der Waals surface area contributed by atoms with E-state index in [4.69, 9.17) is 0 Å². The van der Waals surface area contributed by atoms with Gasteiger partial charge in [0.05, 0.1) is 0 Å². The van der Waals surface area contributed by atoms with Crippen LogP contribution in [0.15, 0.2) is 0 Å². The molecule has 0 aliphatic carbocycles. The van der Waals surface area contributed by atoms with Gasteiger partial charge in [-0.05, 0) is 0 Å². The van der Waals surface area contributed by atoms with Gasteiger partial charge in [0, 0.05) is 0 Å². The molecule has 5 heavy (non-hydrogen) atoms. The average molecular weight is 274 g/mol. The number of hydrogen-bond donors (Lipinski definition) is 0. The summed E-state index contributed by atoms with van der Waals surface area (Å²) in [6.45, 7) is 0. The van der Waals surface area contributed by atoms with E-state index in [0.29, 0.717) is 0 Å². The van der Waals surface area contributed by atoms with Crippen LogP contribution < -0.4 is 97.8 Å². The Labute approximate surface area is 132 Å². The van der Waals surface area contributed by atoms with Crippen LogP contribution in [0, 0.1) is 0 Å². The Bertz CT molecular complexity index is 9.61. The summed E-state index contributed by atoms with van der Waals surface area (Å²) in [5.74, 6) is 0. The molecular formula is Br2CaClK. The predicted molar refractivity (Wildman–Crippen MR) is 5.75 cm³/mol. The fraction of sp³-hybridized carbons (Fsp3) is 0. The molecule has 0 aromatic carbocycles. The molecule has 5 heteroatoms. The maximum atomic E-state index is 0. The Hall–Kier alpha value is 4.15. The molecule has 0 aliphatic rings. The quantitative estimate of drug-likeness (QED) is 0.385. The van der Waals surface area contributed by atoms with Crippen LogP contribution in [0.2, 0.25) is 0 Å². The maximum absolute atomic E-state index is 0. The van der Waals surface area contributed by atoms with Crippen LogP contribution in [0.4, 0.5) is 0 Å². The van der Waals surface area contributed by atoms with E-state index < -0.39 is 0 Å². The summed E-state index contributed by atoms with van der Waals surface area (Å²) >= 11 is 0. The fourth-order valence-electron chi connectivity index (χ4n) is 0. The molecule has 0 spiro atoms. The summed E-state index contributed by atoms with van der Waals surface area (Å²) in [5.41, 5.74) is 0. The SMILES string of the molecule is [Br-].[Br-].[Ca+2].[Cl-].[K+].